The summed E-state index contributed by atoms with van der Waals surface area (Å²) in [6.07, 6.45) is -13.9. The first-order valence-corrected chi connectivity index (χ1v) is 6.86. The van der Waals surface area contributed by atoms with Gasteiger partial charge < -0.3 is 50.3 Å². The minimum Gasteiger partial charge on any atom is -0.394 e. The van der Waals surface area contributed by atoms with Crippen LogP contribution in [0.5, 0.6) is 0 Å². The van der Waals surface area contributed by atoms with E-state index in [2.05, 4.69) is 0 Å². The topological polar surface area (TPSA) is 197 Å². The van der Waals surface area contributed by atoms with Crippen LogP contribution in [-0.2, 0) is 14.3 Å². The van der Waals surface area contributed by atoms with E-state index in [0.717, 1.165) is 0 Å². The largest absolute Gasteiger partial charge is 0.394 e. The monoisotopic (exact) mass is 342 g/mol. The summed E-state index contributed by atoms with van der Waals surface area (Å²) in [4.78, 5) is 11.8. The number of rotatable bonds is 8. The van der Waals surface area contributed by atoms with E-state index in [-0.39, 0.29) is 0 Å². The van der Waals surface area contributed by atoms with Crippen molar-refractivity contribution in [2.75, 3.05) is 19.8 Å². The maximum atomic E-state index is 11.8. The molecule has 11 nitrogen and oxygen atoms in total. The van der Waals surface area contributed by atoms with Gasteiger partial charge in [-0.25, -0.2) is 0 Å². The van der Waals surface area contributed by atoms with Crippen molar-refractivity contribution in [1.82, 2.24) is 0 Å². The molecule has 0 bridgehead atoms. The van der Waals surface area contributed by atoms with Crippen molar-refractivity contribution in [2.45, 2.75) is 49.0 Å². The number of aliphatic hydroxyl groups is 8. The molecule has 0 aromatic heterocycles. The highest BCUT2D eigenvalue weighted by atomic mass is 16.7. The second-order valence-electron chi connectivity index (χ2n) is 5.10. The lowest BCUT2D eigenvalue weighted by Gasteiger charge is -2.41. The highest BCUT2D eigenvalue weighted by Crippen LogP contribution is 2.24. The van der Waals surface area contributed by atoms with Crippen LogP contribution in [0.1, 0.15) is 0 Å². The zero-order valence-corrected chi connectivity index (χ0v) is 12.0. The van der Waals surface area contributed by atoms with Crippen molar-refractivity contribution >= 4 is 5.78 Å². The van der Waals surface area contributed by atoms with E-state index in [4.69, 9.17) is 24.8 Å². The van der Waals surface area contributed by atoms with Gasteiger partial charge in [-0.15, -0.1) is 0 Å². The first kappa shape index (κ1) is 20.3. The van der Waals surface area contributed by atoms with E-state index in [1.54, 1.807) is 0 Å². The Balaban J connectivity index is 2.91. The van der Waals surface area contributed by atoms with Gasteiger partial charge in [-0.1, -0.05) is 0 Å². The molecule has 0 aromatic rings. The van der Waals surface area contributed by atoms with Gasteiger partial charge in [0.15, 0.2) is 12.1 Å². The molecule has 0 aromatic carbocycles. The van der Waals surface area contributed by atoms with Crippen molar-refractivity contribution in [2.24, 2.45) is 0 Å². The van der Waals surface area contributed by atoms with E-state index in [1.807, 2.05) is 0 Å². The number of aliphatic hydroxyl groups excluding tert-OH is 8. The molecule has 0 unspecified atom stereocenters. The molecule has 11 heteroatoms. The van der Waals surface area contributed by atoms with Gasteiger partial charge in [0.1, 0.15) is 42.7 Å². The van der Waals surface area contributed by atoms with Crippen LogP contribution in [0.2, 0.25) is 0 Å². The van der Waals surface area contributed by atoms with Gasteiger partial charge in [-0.05, 0) is 0 Å². The maximum absolute atomic E-state index is 11.8. The molecule has 1 aliphatic heterocycles. The number of carbonyl (C=O) groups is 1. The molecule has 0 aliphatic carbocycles. The van der Waals surface area contributed by atoms with Gasteiger partial charge in [0.2, 0.25) is 0 Å². The number of ether oxygens (including phenoxy) is 2. The van der Waals surface area contributed by atoms with Gasteiger partial charge in [-0.3, -0.25) is 4.79 Å². The normalized spacial score (nSPS) is 35.6. The third-order valence-corrected chi connectivity index (χ3v) is 3.45. The highest BCUT2D eigenvalue weighted by Gasteiger charge is 2.46. The molecule has 0 radical (unpaired) electrons. The van der Waals surface area contributed by atoms with Crippen LogP contribution in [0.4, 0.5) is 0 Å². The van der Waals surface area contributed by atoms with Gasteiger partial charge in [0.25, 0.3) is 0 Å². The van der Waals surface area contributed by atoms with E-state index < -0.39 is 74.6 Å². The third-order valence-electron chi connectivity index (χ3n) is 3.45. The van der Waals surface area contributed by atoms with Gasteiger partial charge >= 0.3 is 0 Å². The molecule has 8 N–H and O–H groups in total. The van der Waals surface area contributed by atoms with E-state index in [0.29, 0.717) is 0 Å². The molecule has 0 saturated carbocycles. The Hall–Kier alpha value is -0.730. The molecule has 1 heterocycles. The zero-order valence-electron chi connectivity index (χ0n) is 12.0. The van der Waals surface area contributed by atoms with Crippen LogP contribution in [0.3, 0.4) is 0 Å². The quantitative estimate of drug-likeness (QED) is 0.209. The zero-order chi connectivity index (χ0) is 17.7. The molecule has 1 aliphatic rings. The van der Waals surface area contributed by atoms with Crippen molar-refractivity contribution in [3.63, 3.8) is 0 Å². The molecule has 136 valence electrons. The molecule has 1 rings (SSSR count). The fourth-order valence-corrected chi connectivity index (χ4v) is 2.05. The number of hydrogen-bond donors (Lipinski definition) is 8. The summed E-state index contributed by atoms with van der Waals surface area (Å²) >= 11 is 0. The van der Waals surface area contributed by atoms with Crippen molar-refractivity contribution < 1.29 is 55.1 Å². The highest BCUT2D eigenvalue weighted by molar-refractivity contribution is 5.87. The Morgan fingerprint density at radius 3 is 2.09 bits per heavy atom. The third kappa shape index (κ3) is 4.64. The van der Waals surface area contributed by atoms with Gasteiger partial charge in [0, 0.05) is 0 Å². The lowest BCUT2D eigenvalue weighted by Crippen LogP contribution is -2.61. The number of hydrogen-bond acceptors (Lipinski definition) is 11. The molecule has 23 heavy (non-hydrogen) atoms. The van der Waals surface area contributed by atoms with Crippen LogP contribution < -0.4 is 0 Å². The summed E-state index contributed by atoms with van der Waals surface area (Å²) < 4.78 is 10.0. The average molecular weight is 342 g/mol. The Bertz CT molecular complexity index is 376. The predicted octanol–water partition coefficient (Wildman–Crippen LogP) is -5.55. The van der Waals surface area contributed by atoms with E-state index in [9.17, 15) is 30.3 Å². The summed E-state index contributed by atoms with van der Waals surface area (Å²) in [5.41, 5.74) is 0. The van der Waals surface area contributed by atoms with Crippen molar-refractivity contribution in [3.8, 4) is 0 Å². The van der Waals surface area contributed by atoms with Crippen LogP contribution in [0.25, 0.3) is 0 Å². The van der Waals surface area contributed by atoms with Crippen LogP contribution in [-0.4, -0.2) is 115 Å². The lowest BCUT2D eigenvalue weighted by atomic mass is 9.99. The Morgan fingerprint density at radius 1 is 1.00 bits per heavy atom. The van der Waals surface area contributed by atoms with Crippen LogP contribution in [0, 0.1) is 0 Å². The Morgan fingerprint density at radius 2 is 1.61 bits per heavy atom. The average Bonchev–Trinajstić information content (AvgIpc) is 2.57. The minimum atomic E-state index is -1.91. The number of Topliss-reactive ketones (excluding diaryl/α,β-unsaturated/α-hetero) is 1. The molecule has 0 amide bonds. The number of carbonyl (C=O) groups excluding carboxylic acids is 1. The van der Waals surface area contributed by atoms with Crippen molar-refractivity contribution in [1.29, 1.82) is 0 Å². The molecule has 8 atom stereocenters. The van der Waals surface area contributed by atoms with Gasteiger partial charge in [0.05, 0.1) is 19.8 Å². The lowest BCUT2D eigenvalue weighted by molar-refractivity contribution is -0.314. The van der Waals surface area contributed by atoms with Crippen molar-refractivity contribution in [3.05, 3.63) is 0 Å². The summed E-state index contributed by atoms with van der Waals surface area (Å²) in [6, 6.07) is 0. The minimum absolute atomic E-state index is 0.731. The summed E-state index contributed by atoms with van der Waals surface area (Å²) in [6.45, 7) is -2.64. The Labute approximate surface area is 130 Å². The van der Waals surface area contributed by atoms with Crippen LogP contribution in [0.15, 0.2) is 0 Å². The standard InChI is InChI=1S/C12H22O11/c13-1-4(16)7(18)11(5(17)2-14)23-12-10(21)9(20)8(19)6(3-15)22-12/h4-6,8-17,19-21H,1-3H2/t4-,5-,6-,8-,9+,10-,11-,12-/m1/s1. The summed E-state index contributed by atoms with van der Waals surface area (Å²) in [7, 11) is 0. The fraction of sp³-hybridized carbons (Fsp3) is 0.917. The van der Waals surface area contributed by atoms with Gasteiger partial charge in [-0.2, -0.15) is 0 Å². The number of ketones is 1. The first-order valence-electron chi connectivity index (χ1n) is 6.86. The van der Waals surface area contributed by atoms with E-state index >= 15 is 0 Å². The summed E-state index contributed by atoms with van der Waals surface area (Å²) in [5, 5.41) is 74.7. The first-order chi connectivity index (χ1) is 10.8. The molecule has 1 saturated heterocycles. The molecular weight excluding hydrogens is 320 g/mol. The smallest absolute Gasteiger partial charge is 0.195 e. The van der Waals surface area contributed by atoms with Crippen LogP contribution >= 0.6 is 0 Å². The summed E-state index contributed by atoms with van der Waals surface area (Å²) in [5.74, 6) is -1.19. The molecule has 1 fully saturated rings. The SMILES string of the molecule is O=C([C@H](O)CO)[C@H](O[C@H]1O[C@H](CO)[C@@H](O)[C@H](O)[C@H]1O)[C@H](O)CO. The Kier molecular flexibility index (Phi) is 7.89. The van der Waals surface area contributed by atoms with E-state index in [1.165, 1.54) is 0 Å². The second kappa shape index (κ2) is 8.94. The predicted molar refractivity (Wildman–Crippen MR) is 69.8 cm³/mol. The molecular formula is C12H22O11. The molecule has 0 spiro atoms. The second-order valence-corrected chi connectivity index (χ2v) is 5.10. The fourth-order valence-electron chi connectivity index (χ4n) is 2.05. The maximum Gasteiger partial charge on any atom is 0.195 e.